The van der Waals surface area contributed by atoms with Gasteiger partial charge in [-0.15, -0.1) is 0 Å². The summed E-state index contributed by atoms with van der Waals surface area (Å²) >= 11 is 0. The smallest absolute Gasteiger partial charge is 0.458 e. The first kappa shape index (κ1) is 33.5. The van der Waals surface area contributed by atoms with Crippen LogP contribution in [0.15, 0.2) is 18.2 Å². The lowest BCUT2D eigenvalue weighted by atomic mass is 10.1. The van der Waals surface area contributed by atoms with E-state index in [9.17, 15) is 19.2 Å². The van der Waals surface area contributed by atoms with Crippen LogP contribution in [-0.2, 0) is 34.9 Å². The topological polar surface area (TPSA) is 159 Å². The van der Waals surface area contributed by atoms with Crippen molar-refractivity contribution < 1.29 is 52.3 Å². The zero-order valence-corrected chi connectivity index (χ0v) is 24.2. The molecular formula is C27H41NO11. The van der Waals surface area contributed by atoms with Crippen molar-refractivity contribution in [2.75, 3.05) is 7.11 Å². The van der Waals surface area contributed by atoms with Gasteiger partial charge in [-0.1, -0.05) is 19.9 Å². The van der Waals surface area contributed by atoms with Gasteiger partial charge in [0, 0.05) is 0 Å². The lowest BCUT2D eigenvalue weighted by molar-refractivity contribution is -0.155. The predicted octanol–water partition coefficient (Wildman–Crippen LogP) is 5.07. The number of benzene rings is 1. The number of hydrogen-bond acceptors (Lipinski definition) is 12. The average Bonchev–Trinajstić information content (AvgIpc) is 2.84. The number of rotatable bonds is 12. The van der Waals surface area contributed by atoms with E-state index in [1.807, 2.05) is 13.8 Å². The fourth-order valence-corrected chi connectivity index (χ4v) is 2.66. The lowest BCUT2D eigenvalue weighted by Gasteiger charge is -2.24. The standard InChI is InChI=1S/C27H41NO11/c1-10-26(5,6)38-24(31)36-20-13-12-18(15-21(20)37-25(32)39-27(7,8)11-2)14-19(28)22(29)34-16(3)17(4)35-23(30)33-9/h12-13,15-17,19H,10-11,14,28H2,1-9H3/t16-,17?,19-/m0/s1. The van der Waals surface area contributed by atoms with Gasteiger partial charge in [-0.3, -0.25) is 4.79 Å². The molecule has 0 aliphatic heterocycles. The second kappa shape index (κ2) is 14.6. The Hall–Kier alpha value is -3.54. The zero-order valence-electron chi connectivity index (χ0n) is 24.2. The van der Waals surface area contributed by atoms with Crippen LogP contribution in [-0.4, -0.2) is 61.0 Å². The molecule has 0 aliphatic carbocycles. The van der Waals surface area contributed by atoms with Crippen molar-refractivity contribution in [3.8, 4) is 11.5 Å². The Kier molecular flexibility index (Phi) is 12.5. The van der Waals surface area contributed by atoms with Gasteiger partial charge in [0.25, 0.3) is 0 Å². The molecule has 2 N–H and O–H groups in total. The lowest BCUT2D eigenvalue weighted by Crippen LogP contribution is -2.39. The van der Waals surface area contributed by atoms with Crippen LogP contribution in [0.25, 0.3) is 0 Å². The van der Waals surface area contributed by atoms with Crippen molar-refractivity contribution in [2.45, 2.75) is 104 Å². The van der Waals surface area contributed by atoms with Crippen molar-refractivity contribution in [3.63, 3.8) is 0 Å². The zero-order chi connectivity index (χ0) is 30.0. The molecule has 1 aromatic carbocycles. The molecule has 220 valence electrons. The quantitative estimate of drug-likeness (QED) is 0.208. The van der Waals surface area contributed by atoms with Crippen LogP contribution in [0, 0.1) is 0 Å². The molecule has 12 nitrogen and oxygen atoms in total. The van der Waals surface area contributed by atoms with Gasteiger partial charge in [0.1, 0.15) is 29.5 Å². The number of methoxy groups -OCH3 is 1. The number of carbonyl (C=O) groups excluding carboxylic acids is 4. The van der Waals surface area contributed by atoms with Crippen molar-refractivity contribution >= 4 is 24.4 Å². The van der Waals surface area contributed by atoms with Crippen LogP contribution in [0.3, 0.4) is 0 Å². The highest BCUT2D eigenvalue weighted by Crippen LogP contribution is 2.31. The van der Waals surface area contributed by atoms with E-state index in [0.29, 0.717) is 18.4 Å². The molecule has 0 aliphatic rings. The third kappa shape index (κ3) is 11.8. The highest BCUT2D eigenvalue weighted by Gasteiger charge is 2.28. The largest absolute Gasteiger partial charge is 0.514 e. The van der Waals surface area contributed by atoms with Gasteiger partial charge in [0.2, 0.25) is 0 Å². The molecule has 0 saturated heterocycles. The van der Waals surface area contributed by atoms with Gasteiger partial charge in [-0.2, -0.15) is 0 Å². The SMILES string of the molecule is CCC(C)(C)OC(=O)Oc1ccc(C[C@H](N)C(=O)O[C@@H](C)C(C)OC(=O)OC)cc1OC(=O)OC(C)(C)CC. The van der Waals surface area contributed by atoms with E-state index in [0.717, 1.165) is 7.11 Å². The number of hydrogen-bond donors (Lipinski definition) is 1. The molecular weight excluding hydrogens is 514 g/mol. The minimum atomic E-state index is -1.11. The van der Waals surface area contributed by atoms with Crippen molar-refractivity contribution in [1.29, 1.82) is 0 Å². The van der Waals surface area contributed by atoms with E-state index in [2.05, 4.69) is 4.74 Å². The summed E-state index contributed by atoms with van der Waals surface area (Å²) in [5.41, 5.74) is 4.94. The Morgan fingerprint density at radius 2 is 1.28 bits per heavy atom. The molecule has 0 heterocycles. The van der Waals surface area contributed by atoms with E-state index in [-0.39, 0.29) is 17.9 Å². The summed E-state index contributed by atoms with van der Waals surface area (Å²) in [6.07, 6.45) is -3.42. The minimum absolute atomic E-state index is 0.0166. The molecule has 0 fully saturated rings. The second-order valence-electron chi connectivity index (χ2n) is 10.1. The first-order valence-corrected chi connectivity index (χ1v) is 12.7. The Labute approximate surface area is 229 Å². The van der Waals surface area contributed by atoms with E-state index >= 15 is 0 Å². The Morgan fingerprint density at radius 3 is 1.77 bits per heavy atom. The number of esters is 1. The summed E-state index contributed by atoms with van der Waals surface area (Å²) in [6, 6.07) is 3.21. The minimum Gasteiger partial charge on any atom is -0.458 e. The normalized spacial score (nSPS) is 13.8. The van der Waals surface area contributed by atoms with Crippen LogP contribution >= 0.6 is 0 Å². The third-order valence-corrected chi connectivity index (χ3v) is 5.99. The van der Waals surface area contributed by atoms with Gasteiger partial charge in [-0.25, -0.2) is 14.4 Å². The Bertz CT molecular complexity index is 1010. The molecule has 1 unspecified atom stereocenters. The van der Waals surface area contributed by atoms with Gasteiger partial charge < -0.3 is 38.9 Å². The molecule has 12 heteroatoms. The second-order valence-corrected chi connectivity index (χ2v) is 10.1. The summed E-state index contributed by atoms with van der Waals surface area (Å²) < 4.78 is 36.0. The highest BCUT2D eigenvalue weighted by molar-refractivity contribution is 5.76. The first-order chi connectivity index (χ1) is 18.0. The van der Waals surface area contributed by atoms with Crippen LogP contribution in [0.4, 0.5) is 14.4 Å². The number of carbonyl (C=O) groups is 4. The molecule has 39 heavy (non-hydrogen) atoms. The molecule has 0 saturated carbocycles. The van der Waals surface area contributed by atoms with Crippen molar-refractivity contribution in [1.82, 2.24) is 0 Å². The van der Waals surface area contributed by atoms with E-state index < -0.39 is 53.9 Å². The maximum Gasteiger partial charge on any atom is 0.514 e. The molecule has 0 spiro atoms. The number of ether oxygens (including phenoxy) is 7. The van der Waals surface area contributed by atoms with Crippen LogP contribution in [0.5, 0.6) is 11.5 Å². The van der Waals surface area contributed by atoms with Gasteiger partial charge in [-0.05, 0) is 78.5 Å². The molecule has 1 aromatic rings. The third-order valence-electron chi connectivity index (χ3n) is 5.99. The van der Waals surface area contributed by atoms with Crippen LogP contribution in [0.1, 0.15) is 73.8 Å². The summed E-state index contributed by atoms with van der Waals surface area (Å²) in [5, 5.41) is 0. The van der Waals surface area contributed by atoms with Gasteiger partial charge in [0.05, 0.1) is 7.11 Å². The van der Waals surface area contributed by atoms with E-state index in [1.54, 1.807) is 40.7 Å². The highest BCUT2D eigenvalue weighted by atomic mass is 16.8. The summed E-state index contributed by atoms with van der Waals surface area (Å²) in [6.45, 7) is 13.7. The predicted molar refractivity (Wildman–Crippen MR) is 140 cm³/mol. The first-order valence-electron chi connectivity index (χ1n) is 12.7. The molecule has 0 aromatic heterocycles. The fourth-order valence-electron chi connectivity index (χ4n) is 2.66. The van der Waals surface area contributed by atoms with Gasteiger partial charge in [0.15, 0.2) is 11.5 Å². The van der Waals surface area contributed by atoms with Crippen LogP contribution < -0.4 is 15.2 Å². The van der Waals surface area contributed by atoms with Gasteiger partial charge >= 0.3 is 24.4 Å². The summed E-state index contributed by atoms with van der Waals surface area (Å²) in [4.78, 5) is 48.6. The maximum absolute atomic E-state index is 12.5. The maximum atomic E-state index is 12.5. The van der Waals surface area contributed by atoms with Crippen molar-refractivity contribution in [2.24, 2.45) is 5.73 Å². The Balaban J connectivity index is 3.07. The molecule has 1 rings (SSSR count). The molecule has 3 atom stereocenters. The molecule has 0 amide bonds. The van der Waals surface area contributed by atoms with Crippen LogP contribution in [0.2, 0.25) is 0 Å². The summed E-state index contributed by atoms with van der Waals surface area (Å²) in [5.74, 6) is -0.981. The van der Waals surface area contributed by atoms with E-state index in [1.165, 1.54) is 19.1 Å². The summed E-state index contributed by atoms with van der Waals surface area (Å²) in [7, 11) is 1.16. The molecule has 0 bridgehead atoms. The fraction of sp³-hybridized carbons (Fsp3) is 0.630. The monoisotopic (exact) mass is 555 g/mol. The molecule has 0 radical (unpaired) electrons. The average molecular weight is 556 g/mol. The number of nitrogens with two attached hydrogens (primary N) is 1. The Morgan fingerprint density at radius 1 is 0.795 bits per heavy atom. The van der Waals surface area contributed by atoms with E-state index in [4.69, 9.17) is 34.2 Å². The van der Waals surface area contributed by atoms with Crippen molar-refractivity contribution in [3.05, 3.63) is 23.8 Å².